The first-order valence-corrected chi connectivity index (χ1v) is 7.01. The minimum Gasteiger partial charge on any atom is -0.394 e. The topological polar surface area (TPSA) is 50.1 Å². The van der Waals surface area contributed by atoms with Gasteiger partial charge in [-0.2, -0.15) is 5.10 Å². The van der Waals surface area contributed by atoms with Crippen LogP contribution in [0.5, 0.6) is 0 Å². The largest absolute Gasteiger partial charge is 0.394 e. The average Bonchev–Trinajstić information content (AvgIpc) is 2.90. The molecule has 2 heterocycles. The second-order valence-electron chi connectivity index (χ2n) is 3.63. The van der Waals surface area contributed by atoms with Gasteiger partial charge in [-0.15, -0.1) is 11.3 Å². The molecule has 0 unspecified atom stereocenters. The number of hydrogen-bond donors (Lipinski definition) is 2. The van der Waals surface area contributed by atoms with E-state index in [1.807, 2.05) is 12.4 Å². The fraction of sp³-hybridized carbons (Fsp3) is 0.364. The lowest BCUT2D eigenvalue weighted by atomic mass is 10.3. The van der Waals surface area contributed by atoms with E-state index < -0.39 is 0 Å². The van der Waals surface area contributed by atoms with Crippen LogP contribution >= 0.6 is 27.3 Å². The Morgan fingerprint density at radius 1 is 1.47 bits per heavy atom. The molecule has 6 heteroatoms. The average molecular weight is 316 g/mol. The smallest absolute Gasteiger partial charge is 0.0640 e. The summed E-state index contributed by atoms with van der Waals surface area (Å²) in [4.78, 5) is 1.30. The Morgan fingerprint density at radius 3 is 3.06 bits per heavy atom. The maximum absolute atomic E-state index is 8.78. The predicted octanol–water partition coefficient (Wildman–Crippen LogP) is 1.99. The molecule has 17 heavy (non-hydrogen) atoms. The molecule has 0 aromatic carbocycles. The molecule has 2 aromatic heterocycles. The van der Waals surface area contributed by atoms with Crippen molar-refractivity contribution < 1.29 is 5.11 Å². The Morgan fingerprint density at radius 2 is 2.35 bits per heavy atom. The minimum atomic E-state index is 0.122. The van der Waals surface area contributed by atoms with Crippen molar-refractivity contribution in [3.8, 4) is 0 Å². The van der Waals surface area contributed by atoms with Crippen LogP contribution in [0.2, 0.25) is 0 Å². The van der Waals surface area contributed by atoms with Crippen molar-refractivity contribution in [2.24, 2.45) is 0 Å². The van der Waals surface area contributed by atoms with Crippen LogP contribution in [0.15, 0.2) is 28.3 Å². The van der Waals surface area contributed by atoms with Gasteiger partial charge in [0.2, 0.25) is 0 Å². The highest BCUT2D eigenvalue weighted by molar-refractivity contribution is 9.10. The summed E-state index contributed by atoms with van der Waals surface area (Å²) in [5.74, 6) is 0. The van der Waals surface area contributed by atoms with Crippen molar-refractivity contribution in [2.45, 2.75) is 19.6 Å². The molecule has 2 rings (SSSR count). The molecule has 2 N–H and O–H groups in total. The highest BCUT2D eigenvalue weighted by atomic mass is 79.9. The number of nitrogens with zero attached hydrogens (tertiary/aromatic N) is 2. The first-order chi connectivity index (χ1) is 8.29. The van der Waals surface area contributed by atoms with Crippen molar-refractivity contribution in [1.29, 1.82) is 0 Å². The summed E-state index contributed by atoms with van der Waals surface area (Å²) in [5, 5.41) is 18.4. The van der Waals surface area contributed by atoms with Gasteiger partial charge in [0.05, 0.1) is 19.3 Å². The predicted molar refractivity (Wildman–Crippen MR) is 71.9 cm³/mol. The van der Waals surface area contributed by atoms with Crippen LogP contribution in [0.3, 0.4) is 0 Å². The van der Waals surface area contributed by atoms with Crippen molar-refractivity contribution in [3.05, 3.63) is 38.8 Å². The molecule has 0 spiro atoms. The van der Waals surface area contributed by atoms with Crippen LogP contribution in [0.4, 0.5) is 0 Å². The highest BCUT2D eigenvalue weighted by Crippen LogP contribution is 2.22. The Balaban J connectivity index is 1.80. The number of aliphatic hydroxyl groups is 1. The van der Waals surface area contributed by atoms with E-state index in [9.17, 15) is 0 Å². The molecule has 0 aliphatic rings. The van der Waals surface area contributed by atoms with Gasteiger partial charge >= 0.3 is 0 Å². The van der Waals surface area contributed by atoms with E-state index in [1.165, 1.54) is 4.88 Å². The summed E-state index contributed by atoms with van der Waals surface area (Å²) >= 11 is 5.24. The highest BCUT2D eigenvalue weighted by Gasteiger charge is 2.02. The molecule has 0 fully saturated rings. The zero-order valence-corrected chi connectivity index (χ0v) is 11.7. The second-order valence-corrected chi connectivity index (χ2v) is 5.49. The Bertz CT molecular complexity index is 469. The van der Waals surface area contributed by atoms with Crippen LogP contribution in [-0.4, -0.2) is 21.5 Å². The Hall–Kier alpha value is -0.690. The summed E-state index contributed by atoms with van der Waals surface area (Å²) < 4.78 is 2.91. The fourth-order valence-electron chi connectivity index (χ4n) is 1.49. The summed E-state index contributed by atoms with van der Waals surface area (Å²) in [6.45, 7) is 2.31. The van der Waals surface area contributed by atoms with Crippen LogP contribution in [0, 0.1) is 0 Å². The van der Waals surface area contributed by atoms with Gasteiger partial charge in [-0.3, -0.25) is 4.68 Å². The van der Waals surface area contributed by atoms with Gasteiger partial charge in [-0.25, -0.2) is 0 Å². The third-order valence-corrected chi connectivity index (χ3v) is 4.25. The van der Waals surface area contributed by atoms with Crippen LogP contribution in [-0.2, 0) is 19.6 Å². The molecule has 0 aliphatic heterocycles. The zero-order chi connectivity index (χ0) is 12.1. The molecule has 0 radical (unpaired) electrons. The Labute approximate surface area is 112 Å². The van der Waals surface area contributed by atoms with Crippen molar-refractivity contribution in [3.63, 3.8) is 0 Å². The van der Waals surface area contributed by atoms with E-state index in [0.717, 1.165) is 23.1 Å². The normalized spacial score (nSPS) is 10.9. The monoisotopic (exact) mass is 315 g/mol. The van der Waals surface area contributed by atoms with Crippen molar-refractivity contribution in [1.82, 2.24) is 15.1 Å². The maximum Gasteiger partial charge on any atom is 0.0640 e. The third kappa shape index (κ3) is 3.64. The first kappa shape index (κ1) is 12.8. The van der Waals surface area contributed by atoms with Gasteiger partial charge < -0.3 is 10.4 Å². The molecule has 0 saturated heterocycles. The number of thiophene rings is 1. The van der Waals surface area contributed by atoms with E-state index in [2.05, 4.69) is 37.8 Å². The van der Waals surface area contributed by atoms with E-state index in [4.69, 9.17) is 5.11 Å². The van der Waals surface area contributed by atoms with Gasteiger partial charge in [-0.1, -0.05) is 0 Å². The summed E-state index contributed by atoms with van der Waals surface area (Å²) in [7, 11) is 0. The second kappa shape index (κ2) is 6.30. The van der Waals surface area contributed by atoms with E-state index in [-0.39, 0.29) is 6.61 Å². The van der Waals surface area contributed by atoms with E-state index >= 15 is 0 Å². The number of rotatable bonds is 6. The SMILES string of the molecule is OCCn1cc(CNCc2sccc2Br)cn1. The van der Waals surface area contributed by atoms with Crippen molar-refractivity contribution in [2.75, 3.05) is 6.61 Å². The quantitative estimate of drug-likeness (QED) is 0.857. The third-order valence-electron chi connectivity index (χ3n) is 2.32. The van der Waals surface area contributed by atoms with Crippen LogP contribution in [0.25, 0.3) is 0 Å². The number of hydrogen-bond acceptors (Lipinski definition) is 4. The minimum absolute atomic E-state index is 0.122. The molecule has 2 aromatic rings. The molecule has 0 saturated carbocycles. The molecular weight excluding hydrogens is 302 g/mol. The summed E-state index contributed by atoms with van der Waals surface area (Å²) in [6, 6.07) is 2.06. The van der Waals surface area contributed by atoms with Gasteiger partial charge in [0.15, 0.2) is 0 Å². The standard InChI is InChI=1S/C11H14BrN3OS/c12-10-1-4-17-11(10)7-13-5-9-6-14-15(8-9)2-3-16/h1,4,6,8,13,16H,2-3,5,7H2. The van der Waals surface area contributed by atoms with Crippen LogP contribution < -0.4 is 5.32 Å². The molecule has 0 aliphatic carbocycles. The first-order valence-electron chi connectivity index (χ1n) is 5.34. The van der Waals surface area contributed by atoms with Gasteiger partial charge in [0.25, 0.3) is 0 Å². The fourth-order valence-corrected chi connectivity index (χ4v) is 2.96. The lowest BCUT2D eigenvalue weighted by molar-refractivity contribution is 0.269. The van der Waals surface area contributed by atoms with Crippen molar-refractivity contribution >= 4 is 27.3 Å². The lowest BCUT2D eigenvalue weighted by Gasteiger charge is -2.01. The van der Waals surface area contributed by atoms with Gasteiger partial charge in [-0.05, 0) is 27.4 Å². The molecule has 92 valence electrons. The molecule has 0 atom stereocenters. The van der Waals surface area contributed by atoms with Crippen LogP contribution in [0.1, 0.15) is 10.4 Å². The van der Waals surface area contributed by atoms with E-state index in [1.54, 1.807) is 16.0 Å². The number of halogens is 1. The van der Waals surface area contributed by atoms with E-state index in [0.29, 0.717) is 6.54 Å². The molecule has 0 amide bonds. The number of aromatic nitrogens is 2. The number of aliphatic hydroxyl groups excluding tert-OH is 1. The molecule has 0 bridgehead atoms. The van der Waals surface area contributed by atoms with Gasteiger partial charge in [0, 0.05) is 34.2 Å². The van der Waals surface area contributed by atoms with Gasteiger partial charge in [0.1, 0.15) is 0 Å². The number of nitrogens with one attached hydrogen (secondary N) is 1. The lowest BCUT2D eigenvalue weighted by Crippen LogP contribution is -2.11. The molecule has 4 nitrogen and oxygen atoms in total. The molecular formula is C11H14BrN3OS. The zero-order valence-electron chi connectivity index (χ0n) is 9.27. The Kier molecular flexibility index (Phi) is 4.73. The maximum atomic E-state index is 8.78. The summed E-state index contributed by atoms with van der Waals surface area (Å²) in [5.41, 5.74) is 1.13. The summed E-state index contributed by atoms with van der Waals surface area (Å²) in [6.07, 6.45) is 3.78.